The fraction of sp³-hybridized carbons (Fsp3) is 0.250. The summed E-state index contributed by atoms with van der Waals surface area (Å²) < 4.78 is 16.4. The molecule has 1 aromatic carbocycles. The molecule has 2 aromatic rings. The number of nitrogens with zero attached hydrogens (tertiary/aromatic N) is 1. The Hall–Kier alpha value is -1.97. The first-order chi connectivity index (χ1) is 7.90. The molecule has 0 fully saturated rings. The lowest BCUT2D eigenvalue weighted by Crippen LogP contribution is -2.15. The standard InChI is InChI=1S/C12H11NO3/c1-2-3-9-11-8(13-16-9)4-5-10-12(11)15-7-6-14-10/h2,4-5H,1,3,6-7H2. The summed E-state index contributed by atoms with van der Waals surface area (Å²) in [6, 6.07) is 3.73. The SMILES string of the molecule is C=CCc1onc2ccc3c(c12)OCCO3. The molecule has 0 spiro atoms. The second-order valence-corrected chi connectivity index (χ2v) is 3.58. The molecule has 0 saturated carbocycles. The van der Waals surface area contributed by atoms with Gasteiger partial charge in [-0.1, -0.05) is 11.2 Å². The van der Waals surface area contributed by atoms with Crippen LogP contribution in [0.4, 0.5) is 0 Å². The Labute approximate surface area is 92.4 Å². The number of allylic oxidation sites excluding steroid dienone is 1. The number of rotatable bonds is 2. The Morgan fingerprint density at radius 1 is 1.31 bits per heavy atom. The van der Waals surface area contributed by atoms with Crippen molar-refractivity contribution in [1.29, 1.82) is 0 Å². The van der Waals surface area contributed by atoms with Crippen LogP contribution in [0.2, 0.25) is 0 Å². The van der Waals surface area contributed by atoms with Crippen molar-refractivity contribution in [2.24, 2.45) is 0 Å². The molecule has 3 rings (SSSR count). The Bertz CT molecular complexity index is 544. The van der Waals surface area contributed by atoms with Gasteiger partial charge in [0.2, 0.25) is 0 Å². The van der Waals surface area contributed by atoms with Crippen molar-refractivity contribution >= 4 is 10.9 Å². The Morgan fingerprint density at radius 3 is 3.06 bits per heavy atom. The molecule has 0 atom stereocenters. The summed E-state index contributed by atoms with van der Waals surface area (Å²) in [6.07, 6.45) is 2.42. The third-order valence-corrected chi connectivity index (χ3v) is 2.55. The molecular formula is C12H11NO3. The number of aromatic nitrogens is 1. The number of hydrogen-bond donors (Lipinski definition) is 0. The van der Waals surface area contributed by atoms with Crippen molar-refractivity contribution in [2.45, 2.75) is 6.42 Å². The molecule has 0 bridgehead atoms. The normalized spacial score (nSPS) is 14.0. The molecule has 2 heterocycles. The van der Waals surface area contributed by atoms with Crippen LogP contribution in [0.15, 0.2) is 29.3 Å². The topological polar surface area (TPSA) is 44.5 Å². The minimum Gasteiger partial charge on any atom is -0.486 e. The second-order valence-electron chi connectivity index (χ2n) is 3.58. The summed E-state index contributed by atoms with van der Waals surface area (Å²) in [5.41, 5.74) is 0.793. The van der Waals surface area contributed by atoms with Crippen molar-refractivity contribution in [3.8, 4) is 11.5 Å². The Kier molecular flexibility index (Phi) is 2.06. The van der Waals surface area contributed by atoms with E-state index < -0.39 is 0 Å². The summed E-state index contributed by atoms with van der Waals surface area (Å²) in [4.78, 5) is 0. The lowest BCUT2D eigenvalue weighted by Gasteiger charge is -2.18. The van der Waals surface area contributed by atoms with Crippen molar-refractivity contribution in [3.63, 3.8) is 0 Å². The Morgan fingerprint density at radius 2 is 2.19 bits per heavy atom. The maximum absolute atomic E-state index is 5.62. The van der Waals surface area contributed by atoms with E-state index in [1.54, 1.807) is 6.08 Å². The van der Waals surface area contributed by atoms with E-state index in [-0.39, 0.29) is 0 Å². The number of fused-ring (bicyclic) bond motifs is 3. The van der Waals surface area contributed by atoms with Crippen LogP contribution < -0.4 is 9.47 Å². The highest BCUT2D eigenvalue weighted by Gasteiger charge is 2.20. The minimum atomic E-state index is 0.560. The fourth-order valence-corrected chi connectivity index (χ4v) is 1.87. The van der Waals surface area contributed by atoms with Crippen LogP contribution in [0.5, 0.6) is 11.5 Å². The van der Waals surface area contributed by atoms with Crippen LogP contribution in [-0.4, -0.2) is 18.4 Å². The van der Waals surface area contributed by atoms with Gasteiger partial charge in [0.1, 0.15) is 18.7 Å². The van der Waals surface area contributed by atoms with Gasteiger partial charge in [-0.25, -0.2) is 0 Å². The first kappa shape index (κ1) is 9.27. The van der Waals surface area contributed by atoms with Crippen molar-refractivity contribution in [1.82, 2.24) is 5.16 Å². The molecule has 1 aliphatic rings. The maximum Gasteiger partial charge on any atom is 0.174 e. The molecule has 1 aromatic heterocycles. The van der Waals surface area contributed by atoms with Gasteiger partial charge in [-0.2, -0.15) is 0 Å². The fourth-order valence-electron chi connectivity index (χ4n) is 1.87. The van der Waals surface area contributed by atoms with Gasteiger partial charge in [-0.15, -0.1) is 6.58 Å². The van der Waals surface area contributed by atoms with E-state index in [1.807, 2.05) is 12.1 Å². The summed E-state index contributed by atoms with van der Waals surface area (Å²) in [5.74, 6) is 2.27. The van der Waals surface area contributed by atoms with Gasteiger partial charge in [0.05, 0.1) is 5.39 Å². The molecule has 0 saturated heterocycles. The maximum atomic E-state index is 5.62. The highest BCUT2D eigenvalue weighted by atomic mass is 16.6. The molecule has 0 amide bonds. The zero-order valence-corrected chi connectivity index (χ0v) is 8.73. The third-order valence-electron chi connectivity index (χ3n) is 2.55. The van der Waals surface area contributed by atoms with E-state index in [4.69, 9.17) is 14.0 Å². The van der Waals surface area contributed by atoms with Gasteiger partial charge in [0, 0.05) is 6.42 Å². The van der Waals surface area contributed by atoms with E-state index in [1.165, 1.54) is 0 Å². The molecule has 0 unspecified atom stereocenters. The van der Waals surface area contributed by atoms with Crippen LogP contribution in [0.3, 0.4) is 0 Å². The van der Waals surface area contributed by atoms with Gasteiger partial charge < -0.3 is 14.0 Å². The smallest absolute Gasteiger partial charge is 0.174 e. The molecule has 0 N–H and O–H groups in total. The molecule has 4 nitrogen and oxygen atoms in total. The number of hydrogen-bond acceptors (Lipinski definition) is 4. The number of ether oxygens (including phenoxy) is 2. The average Bonchev–Trinajstić information content (AvgIpc) is 2.73. The Balaban J connectivity index is 2.26. The molecule has 16 heavy (non-hydrogen) atoms. The summed E-state index contributed by atoms with van der Waals surface area (Å²) in [7, 11) is 0. The van der Waals surface area contributed by atoms with E-state index >= 15 is 0 Å². The highest BCUT2D eigenvalue weighted by molar-refractivity contribution is 5.90. The van der Waals surface area contributed by atoms with Gasteiger partial charge in [0.25, 0.3) is 0 Å². The molecular weight excluding hydrogens is 206 g/mol. The van der Waals surface area contributed by atoms with Gasteiger partial charge in [-0.05, 0) is 12.1 Å². The van der Waals surface area contributed by atoms with E-state index in [9.17, 15) is 0 Å². The summed E-state index contributed by atoms with van der Waals surface area (Å²) in [5, 5.41) is 4.89. The molecule has 4 heteroatoms. The average molecular weight is 217 g/mol. The first-order valence-electron chi connectivity index (χ1n) is 5.18. The lowest BCUT2D eigenvalue weighted by atomic mass is 10.1. The van der Waals surface area contributed by atoms with Crippen LogP contribution in [0, 0.1) is 0 Å². The van der Waals surface area contributed by atoms with Gasteiger partial charge >= 0.3 is 0 Å². The molecule has 0 aliphatic carbocycles. The minimum absolute atomic E-state index is 0.560. The van der Waals surface area contributed by atoms with E-state index in [2.05, 4.69) is 11.7 Å². The largest absolute Gasteiger partial charge is 0.486 e. The number of benzene rings is 1. The van der Waals surface area contributed by atoms with Gasteiger partial charge in [0.15, 0.2) is 17.3 Å². The van der Waals surface area contributed by atoms with Crippen molar-refractivity contribution in [3.05, 3.63) is 30.5 Å². The van der Waals surface area contributed by atoms with Crippen LogP contribution in [0.1, 0.15) is 5.76 Å². The van der Waals surface area contributed by atoms with Crippen molar-refractivity contribution < 1.29 is 14.0 Å². The first-order valence-corrected chi connectivity index (χ1v) is 5.18. The quantitative estimate of drug-likeness (QED) is 0.724. The third kappa shape index (κ3) is 1.26. The molecule has 82 valence electrons. The van der Waals surface area contributed by atoms with Crippen LogP contribution in [-0.2, 0) is 6.42 Å². The lowest BCUT2D eigenvalue weighted by molar-refractivity contribution is 0.174. The van der Waals surface area contributed by atoms with Gasteiger partial charge in [-0.3, -0.25) is 0 Å². The molecule has 0 radical (unpaired) electrons. The summed E-state index contributed by atoms with van der Waals surface area (Å²) >= 11 is 0. The van der Waals surface area contributed by atoms with Crippen molar-refractivity contribution in [2.75, 3.05) is 13.2 Å². The van der Waals surface area contributed by atoms with E-state index in [0.29, 0.717) is 19.6 Å². The highest BCUT2D eigenvalue weighted by Crippen LogP contribution is 2.39. The van der Waals surface area contributed by atoms with Crippen LogP contribution >= 0.6 is 0 Å². The summed E-state index contributed by atoms with van der Waals surface area (Å²) in [6.45, 7) is 4.84. The molecule has 1 aliphatic heterocycles. The zero-order chi connectivity index (χ0) is 11.0. The monoisotopic (exact) mass is 217 g/mol. The second kappa shape index (κ2) is 3.56. The predicted molar refractivity (Wildman–Crippen MR) is 58.9 cm³/mol. The van der Waals surface area contributed by atoms with Crippen LogP contribution in [0.25, 0.3) is 10.9 Å². The van der Waals surface area contributed by atoms with E-state index in [0.717, 1.165) is 28.2 Å². The predicted octanol–water partition coefficient (Wildman–Crippen LogP) is 2.33. The zero-order valence-electron chi connectivity index (χ0n) is 8.73.